The molecule has 3 fully saturated rings. The van der Waals surface area contributed by atoms with Gasteiger partial charge in [0.25, 0.3) is 0 Å². The van der Waals surface area contributed by atoms with Crippen molar-refractivity contribution in [3.8, 4) is 0 Å². The number of amides is 7. The molecule has 0 unspecified atom stereocenters. The fraction of sp³-hybridized carbons (Fsp3) is 0.690. The number of carbonyl (C=O) groups is 7. The number of nitrogens with zero attached hydrogens (tertiary/aromatic N) is 2. The van der Waals surface area contributed by atoms with Crippen LogP contribution in [0.5, 0.6) is 0 Å². The molecule has 0 aromatic heterocycles. The van der Waals surface area contributed by atoms with Crippen molar-refractivity contribution in [1.82, 2.24) is 36.4 Å². The number of halogens is 5. The van der Waals surface area contributed by atoms with Crippen LogP contribution in [0.25, 0.3) is 0 Å². The molecule has 340 valence electrons. The molecule has 4 rings (SSSR count). The van der Waals surface area contributed by atoms with Gasteiger partial charge in [-0.1, -0.05) is 63.2 Å². The second-order valence-electron chi connectivity index (χ2n) is 16.9. The zero-order valence-electron chi connectivity index (χ0n) is 35.5. The minimum atomic E-state index is -4.81. The topological polar surface area (TPSA) is 186 Å². The molecule has 3 aliphatic rings. The Kier molecular flexibility index (Phi) is 17.7. The van der Waals surface area contributed by atoms with Crippen LogP contribution in [0.1, 0.15) is 110 Å². The van der Waals surface area contributed by atoms with E-state index in [1.807, 2.05) is 13.8 Å². The number of hydrogen-bond donors (Lipinski definition) is 5. The molecule has 1 aromatic carbocycles. The largest absolute Gasteiger partial charge is 0.403 e. The Bertz CT molecular complexity index is 1780. The number of nitrogens with one attached hydrogen (secondary N) is 5. The Morgan fingerprint density at radius 3 is 2.21 bits per heavy atom. The Morgan fingerprint density at radius 1 is 0.902 bits per heavy atom. The monoisotopic (exact) mass is 901 g/mol. The van der Waals surface area contributed by atoms with Gasteiger partial charge in [0.05, 0.1) is 0 Å². The summed E-state index contributed by atoms with van der Waals surface area (Å²) in [5.74, 6) is -5.19. The molecule has 2 saturated heterocycles. The fourth-order valence-corrected chi connectivity index (χ4v) is 8.83. The van der Waals surface area contributed by atoms with Gasteiger partial charge in [0.2, 0.25) is 41.4 Å². The van der Waals surface area contributed by atoms with Crippen LogP contribution in [-0.4, -0.2) is 114 Å². The summed E-state index contributed by atoms with van der Waals surface area (Å²) in [6.07, 6.45) is -2.70. The van der Waals surface area contributed by atoms with Gasteiger partial charge in [-0.25, -0.2) is 0 Å². The molecule has 6 atom stereocenters. The van der Waals surface area contributed by atoms with Crippen molar-refractivity contribution in [3.05, 3.63) is 33.8 Å². The smallest absolute Gasteiger partial charge is 0.354 e. The average Bonchev–Trinajstić information content (AvgIpc) is 3.70. The number of benzene rings is 1. The van der Waals surface area contributed by atoms with Crippen molar-refractivity contribution in [2.75, 3.05) is 20.1 Å². The van der Waals surface area contributed by atoms with Crippen LogP contribution in [0.15, 0.2) is 18.2 Å². The first-order valence-electron chi connectivity index (χ1n) is 21.3. The Balaban J connectivity index is 1.56. The van der Waals surface area contributed by atoms with Crippen LogP contribution in [0.4, 0.5) is 13.2 Å². The molecule has 1 aliphatic carbocycles. The molecule has 61 heavy (non-hydrogen) atoms. The number of rotatable bonds is 11. The summed E-state index contributed by atoms with van der Waals surface area (Å²) in [7, 11) is 1.36. The lowest BCUT2D eigenvalue weighted by Crippen LogP contribution is -2.60. The summed E-state index contributed by atoms with van der Waals surface area (Å²) in [6.45, 7) is 7.09. The number of likely N-dealkylation sites (N-methyl/N-ethyl adjacent to an activating group) is 1. The van der Waals surface area contributed by atoms with Crippen molar-refractivity contribution in [3.63, 3.8) is 0 Å². The summed E-state index contributed by atoms with van der Waals surface area (Å²) in [5.41, 5.74) is -2.13. The molecule has 0 radical (unpaired) electrons. The number of hydrogen-bond acceptors (Lipinski definition) is 7. The summed E-state index contributed by atoms with van der Waals surface area (Å²) < 4.78 is 42.7. The van der Waals surface area contributed by atoms with Crippen molar-refractivity contribution in [1.29, 1.82) is 0 Å². The number of alkyl halides is 3. The number of carbonyl (C=O) groups excluding carboxylic acids is 7. The van der Waals surface area contributed by atoms with Crippen molar-refractivity contribution < 1.29 is 46.7 Å². The molecular weight excluding hydrogens is 842 g/mol. The first-order valence-corrected chi connectivity index (χ1v) is 22.0. The van der Waals surface area contributed by atoms with Gasteiger partial charge in [-0.2, -0.15) is 13.2 Å². The van der Waals surface area contributed by atoms with Crippen LogP contribution >= 0.6 is 23.2 Å². The average molecular weight is 903 g/mol. The lowest BCUT2D eigenvalue weighted by atomic mass is 9.72. The summed E-state index contributed by atoms with van der Waals surface area (Å²) in [6, 6.07) is -2.21. The molecule has 1 saturated carbocycles. The molecule has 19 heteroatoms. The summed E-state index contributed by atoms with van der Waals surface area (Å²) in [4.78, 5) is 99.1. The van der Waals surface area contributed by atoms with E-state index in [4.69, 9.17) is 23.2 Å². The van der Waals surface area contributed by atoms with Crippen LogP contribution in [0, 0.1) is 11.3 Å². The highest BCUT2D eigenvalue weighted by atomic mass is 35.5. The van der Waals surface area contributed by atoms with Gasteiger partial charge in [0, 0.05) is 36.6 Å². The molecule has 2 heterocycles. The molecule has 14 nitrogen and oxygen atoms in total. The lowest BCUT2D eigenvalue weighted by molar-refractivity contribution is -0.230. The molecule has 7 amide bonds. The zero-order valence-corrected chi connectivity index (χ0v) is 37.0. The van der Waals surface area contributed by atoms with E-state index in [0.29, 0.717) is 54.3 Å². The van der Waals surface area contributed by atoms with E-state index in [9.17, 15) is 46.7 Å². The highest BCUT2D eigenvalue weighted by molar-refractivity contribution is 6.33. The third-order valence-electron chi connectivity index (χ3n) is 12.0. The van der Waals surface area contributed by atoms with Crippen molar-refractivity contribution >= 4 is 64.6 Å². The molecule has 2 aliphatic heterocycles. The van der Waals surface area contributed by atoms with Gasteiger partial charge < -0.3 is 36.4 Å². The van der Waals surface area contributed by atoms with E-state index in [1.165, 1.54) is 25.8 Å². The third kappa shape index (κ3) is 12.5. The maximum Gasteiger partial charge on any atom is 0.403 e. The Morgan fingerprint density at radius 2 is 1.57 bits per heavy atom. The zero-order chi connectivity index (χ0) is 45.2. The maximum atomic E-state index is 14.2. The Hall–Kier alpha value is -4.12. The van der Waals surface area contributed by atoms with E-state index < -0.39 is 83.3 Å². The highest BCUT2D eigenvalue weighted by Gasteiger charge is 2.60. The third-order valence-corrected chi connectivity index (χ3v) is 12.6. The van der Waals surface area contributed by atoms with Crippen LogP contribution in [0.3, 0.4) is 0 Å². The van der Waals surface area contributed by atoms with Crippen LogP contribution in [0.2, 0.25) is 10.0 Å². The van der Waals surface area contributed by atoms with Crippen LogP contribution < -0.4 is 26.6 Å². The molecule has 0 spiro atoms. The fourth-order valence-electron chi connectivity index (χ4n) is 8.44. The highest BCUT2D eigenvalue weighted by Crippen LogP contribution is 2.49. The molecular formula is C42H60Cl2F3N7O7. The van der Waals surface area contributed by atoms with E-state index in [0.717, 1.165) is 4.90 Å². The second-order valence-corrected chi connectivity index (χ2v) is 17.8. The Labute approximate surface area is 365 Å². The first-order chi connectivity index (χ1) is 28.7. The quantitative estimate of drug-likeness (QED) is 0.215. The number of fused-ring (bicyclic) bond motifs is 1. The maximum absolute atomic E-state index is 14.2. The molecule has 5 N–H and O–H groups in total. The van der Waals surface area contributed by atoms with Crippen LogP contribution in [-0.2, 0) is 40.0 Å². The van der Waals surface area contributed by atoms with E-state index in [-0.39, 0.29) is 69.7 Å². The SMILES string of the molecule is CC[C@H](NC(=O)C1(C(F)(F)F)CCCCC1)C(=O)N[C@@H](C)C(=O)N(C)[C@H]1CCCCNC(=O)[C@H]2CCCN2C(=O)[C@@H](Cc2cc(Cl)ccc2Cl)NC(=O)[C@H](CC(C)C)NC1=O. The van der Waals surface area contributed by atoms with Crippen molar-refractivity contribution in [2.24, 2.45) is 11.3 Å². The predicted octanol–water partition coefficient (Wildman–Crippen LogP) is 4.58. The van der Waals surface area contributed by atoms with Gasteiger partial charge in [0.1, 0.15) is 41.7 Å². The molecule has 1 aromatic rings. The van der Waals surface area contributed by atoms with E-state index in [2.05, 4.69) is 26.6 Å². The standard InChI is InChI=1S/C42H60Cl2F3N7O7/c1-6-29(52-40(61)41(42(45,46)47)17-9-7-10-18-41)34(55)49-25(4)38(59)53(5)32-13-8-11-19-48-36(57)33-14-12-20-54(33)39(60)31(23-26-22-27(43)15-16-28(26)44)51-35(56)30(21-24(2)3)50-37(32)58/h15-16,22,24-25,29-33H,6-14,17-21,23H2,1-5H3,(H,48,57)(H,49,55)(H,50,58)(H,51,56)(H,52,61)/t25-,29-,30-,31+,32-,33+/m0/s1. The van der Waals surface area contributed by atoms with E-state index >= 15 is 0 Å². The van der Waals surface area contributed by atoms with Gasteiger partial charge in [-0.05, 0) is 94.4 Å². The van der Waals surface area contributed by atoms with Gasteiger partial charge >= 0.3 is 6.18 Å². The molecule has 0 bridgehead atoms. The predicted molar refractivity (Wildman–Crippen MR) is 223 cm³/mol. The van der Waals surface area contributed by atoms with E-state index in [1.54, 1.807) is 18.2 Å². The minimum Gasteiger partial charge on any atom is -0.354 e. The lowest BCUT2D eigenvalue weighted by Gasteiger charge is -2.38. The summed E-state index contributed by atoms with van der Waals surface area (Å²) in [5, 5.41) is 13.9. The van der Waals surface area contributed by atoms with Gasteiger partial charge in [-0.3, -0.25) is 33.6 Å². The van der Waals surface area contributed by atoms with Gasteiger partial charge in [-0.15, -0.1) is 0 Å². The minimum absolute atomic E-state index is 0.0551. The first kappa shape index (κ1) is 49.5. The summed E-state index contributed by atoms with van der Waals surface area (Å²) >= 11 is 12.8. The normalized spacial score (nSPS) is 24.1. The second kappa shape index (κ2) is 21.8. The van der Waals surface area contributed by atoms with Crippen molar-refractivity contribution in [2.45, 2.75) is 154 Å². The van der Waals surface area contributed by atoms with Gasteiger partial charge in [0.15, 0.2) is 0 Å².